The maximum absolute atomic E-state index is 12.0. The topological polar surface area (TPSA) is 141 Å². The number of ether oxygens (including phenoxy) is 6. The van der Waals surface area contributed by atoms with Crippen LogP contribution in [0.1, 0.15) is 27.7 Å². The molecule has 0 aromatic rings. The van der Waals surface area contributed by atoms with Crippen LogP contribution in [0.4, 0.5) is 0 Å². The van der Waals surface area contributed by atoms with Gasteiger partial charge in [0.25, 0.3) is 0 Å². The summed E-state index contributed by atoms with van der Waals surface area (Å²) in [7, 11) is 1.05. The molecule has 0 saturated carbocycles. The molecule has 11 nitrogen and oxygen atoms in total. The van der Waals surface area contributed by atoms with E-state index in [0.29, 0.717) is 0 Å². The lowest BCUT2D eigenvalue weighted by molar-refractivity contribution is -0.294. The number of hydrogen-bond acceptors (Lipinski definition) is 11. The van der Waals surface area contributed by atoms with E-state index in [1.165, 1.54) is 0 Å². The molecule has 1 saturated heterocycles. The Kier molecular flexibility index (Phi) is 7.50. The summed E-state index contributed by atoms with van der Waals surface area (Å²) >= 11 is 0. The Labute approximate surface area is 148 Å². The zero-order chi connectivity index (χ0) is 20.0. The Bertz CT molecular complexity index is 584. The molecule has 1 heterocycles. The highest BCUT2D eigenvalue weighted by atomic mass is 16.7. The molecule has 0 aromatic carbocycles. The van der Waals surface area contributed by atoms with Crippen LogP contribution in [0.15, 0.2) is 0 Å². The van der Waals surface area contributed by atoms with Crippen LogP contribution in [0.5, 0.6) is 0 Å². The summed E-state index contributed by atoms with van der Waals surface area (Å²) in [6.45, 7) is 4.22. The number of hydrogen-bond donors (Lipinski definition) is 0. The maximum Gasteiger partial charge on any atom is 0.339 e. The van der Waals surface area contributed by atoms with E-state index in [1.807, 2.05) is 0 Å². The SMILES string of the molecule is COC(=O)[C@H]1O[C@H](OC(C)=O)[C@H](OC(C)=O)[C@@H](OC(C)=O)[C@H]1OC(C)=O. The zero-order valence-electron chi connectivity index (χ0n) is 14.9. The van der Waals surface area contributed by atoms with E-state index in [1.54, 1.807) is 0 Å². The van der Waals surface area contributed by atoms with Crippen molar-refractivity contribution in [1.29, 1.82) is 0 Å². The fraction of sp³-hybridized carbons (Fsp3) is 0.667. The molecule has 0 radical (unpaired) electrons. The van der Waals surface area contributed by atoms with E-state index in [0.717, 1.165) is 34.8 Å². The number of carbonyl (C=O) groups excluding carboxylic acids is 5. The van der Waals surface area contributed by atoms with Crippen LogP contribution in [-0.2, 0) is 52.4 Å². The van der Waals surface area contributed by atoms with Gasteiger partial charge >= 0.3 is 29.8 Å². The van der Waals surface area contributed by atoms with Gasteiger partial charge in [-0.1, -0.05) is 0 Å². The van der Waals surface area contributed by atoms with Crippen LogP contribution in [0, 0.1) is 0 Å². The van der Waals surface area contributed by atoms with E-state index in [4.69, 9.17) is 23.7 Å². The van der Waals surface area contributed by atoms with Crippen molar-refractivity contribution in [1.82, 2.24) is 0 Å². The Morgan fingerprint density at radius 1 is 0.654 bits per heavy atom. The molecule has 1 rings (SSSR count). The smallest absolute Gasteiger partial charge is 0.339 e. The average molecular weight is 376 g/mol. The van der Waals surface area contributed by atoms with Crippen molar-refractivity contribution in [3.05, 3.63) is 0 Å². The quantitative estimate of drug-likeness (QED) is 0.441. The minimum atomic E-state index is -1.60. The van der Waals surface area contributed by atoms with E-state index in [2.05, 4.69) is 4.74 Å². The lowest BCUT2D eigenvalue weighted by atomic mass is 9.97. The highest BCUT2D eigenvalue weighted by Gasteiger charge is 2.56. The van der Waals surface area contributed by atoms with Crippen LogP contribution in [0.2, 0.25) is 0 Å². The normalized spacial score (nSPS) is 27.7. The first-order valence-electron chi connectivity index (χ1n) is 7.49. The Hall–Kier alpha value is -2.69. The summed E-state index contributed by atoms with van der Waals surface area (Å²) in [6, 6.07) is 0. The summed E-state index contributed by atoms with van der Waals surface area (Å²) in [5, 5.41) is 0. The fourth-order valence-electron chi connectivity index (χ4n) is 2.34. The van der Waals surface area contributed by atoms with Gasteiger partial charge in [-0.2, -0.15) is 0 Å². The first kappa shape index (κ1) is 21.4. The lowest BCUT2D eigenvalue weighted by Gasteiger charge is -2.42. The second kappa shape index (κ2) is 9.13. The molecule has 1 fully saturated rings. The molecule has 146 valence electrons. The standard InChI is InChI=1S/C15H20O11/c1-6(16)22-10-11(23-7(2)17)13(24-8(3)18)15(25-9(4)19)26-12(10)14(20)21-5/h10-13,15H,1-5H3/t10-,11+,12+,13-,15+/m1/s1. The second-order valence-corrected chi connectivity index (χ2v) is 5.28. The second-order valence-electron chi connectivity index (χ2n) is 5.28. The highest BCUT2D eigenvalue weighted by molar-refractivity contribution is 5.77. The summed E-state index contributed by atoms with van der Waals surface area (Å²) in [5.74, 6) is -4.25. The van der Waals surface area contributed by atoms with Gasteiger partial charge < -0.3 is 28.4 Å². The van der Waals surface area contributed by atoms with E-state index >= 15 is 0 Å². The van der Waals surface area contributed by atoms with Crippen LogP contribution in [0.25, 0.3) is 0 Å². The minimum Gasteiger partial charge on any atom is -0.467 e. The van der Waals surface area contributed by atoms with Gasteiger partial charge in [0.1, 0.15) is 0 Å². The number of methoxy groups -OCH3 is 1. The predicted molar refractivity (Wildman–Crippen MR) is 79.1 cm³/mol. The van der Waals surface area contributed by atoms with Gasteiger partial charge in [-0.15, -0.1) is 0 Å². The van der Waals surface area contributed by atoms with Crippen molar-refractivity contribution in [2.24, 2.45) is 0 Å². The summed E-state index contributed by atoms with van der Waals surface area (Å²) < 4.78 is 30.0. The summed E-state index contributed by atoms with van der Waals surface area (Å²) in [6.07, 6.45) is -7.66. The molecule has 0 spiro atoms. The van der Waals surface area contributed by atoms with Crippen molar-refractivity contribution in [2.75, 3.05) is 7.11 Å². The molecule has 0 aromatic heterocycles. The maximum atomic E-state index is 12.0. The molecular weight excluding hydrogens is 356 g/mol. The average Bonchev–Trinajstić information content (AvgIpc) is 2.50. The van der Waals surface area contributed by atoms with E-state index in [-0.39, 0.29) is 0 Å². The highest BCUT2D eigenvalue weighted by Crippen LogP contribution is 2.30. The first-order valence-corrected chi connectivity index (χ1v) is 7.49. The third kappa shape index (κ3) is 5.69. The number of esters is 5. The molecule has 0 bridgehead atoms. The fourth-order valence-corrected chi connectivity index (χ4v) is 2.34. The first-order chi connectivity index (χ1) is 12.1. The van der Waals surface area contributed by atoms with Gasteiger partial charge in [0.2, 0.25) is 12.4 Å². The van der Waals surface area contributed by atoms with Crippen LogP contribution < -0.4 is 0 Å². The van der Waals surface area contributed by atoms with Gasteiger partial charge in [-0.05, 0) is 0 Å². The van der Waals surface area contributed by atoms with Gasteiger partial charge in [0.15, 0.2) is 18.3 Å². The molecular formula is C15H20O11. The van der Waals surface area contributed by atoms with Crippen LogP contribution >= 0.6 is 0 Å². The molecule has 5 atom stereocenters. The van der Waals surface area contributed by atoms with Crippen molar-refractivity contribution in [2.45, 2.75) is 58.4 Å². The molecule has 1 aliphatic rings. The molecule has 1 aliphatic heterocycles. The van der Waals surface area contributed by atoms with Crippen molar-refractivity contribution < 1.29 is 52.4 Å². The zero-order valence-corrected chi connectivity index (χ0v) is 14.9. The summed E-state index contributed by atoms with van der Waals surface area (Å²) in [5.41, 5.74) is 0. The predicted octanol–water partition coefficient (Wildman–Crippen LogP) is -0.757. The van der Waals surface area contributed by atoms with E-state index < -0.39 is 60.6 Å². The Morgan fingerprint density at radius 3 is 1.50 bits per heavy atom. The van der Waals surface area contributed by atoms with Crippen molar-refractivity contribution >= 4 is 29.8 Å². The van der Waals surface area contributed by atoms with Gasteiger partial charge in [-0.3, -0.25) is 19.2 Å². The lowest BCUT2D eigenvalue weighted by Crippen LogP contribution is -2.64. The third-order valence-electron chi connectivity index (χ3n) is 3.12. The molecule has 26 heavy (non-hydrogen) atoms. The monoisotopic (exact) mass is 376 g/mol. The molecule has 0 aliphatic carbocycles. The minimum absolute atomic E-state index is 0.814. The van der Waals surface area contributed by atoms with Gasteiger partial charge in [0, 0.05) is 27.7 Å². The van der Waals surface area contributed by atoms with Crippen LogP contribution in [-0.4, -0.2) is 67.7 Å². The van der Waals surface area contributed by atoms with Crippen molar-refractivity contribution in [3.63, 3.8) is 0 Å². The Balaban J connectivity index is 3.37. The molecule has 0 N–H and O–H groups in total. The largest absolute Gasteiger partial charge is 0.467 e. The van der Waals surface area contributed by atoms with Crippen molar-refractivity contribution in [3.8, 4) is 0 Å². The number of rotatable bonds is 5. The van der Waals surface area contributed by atoms with E-state index in [9.17, 15) is 24.0 Å². The van der Waals surface area contributed by atoms with Crippen LogP contribution in [0.3, 0.4) is 0 Å². The number of carbonyl (C=O) groups is 5. The van der Waals surface area contributed by atoms with Gasteiger partial charge in [-0.25, -0.2) is 4.79 Å². The molecule has 0 unspecified atom stereocenters. The third-order valence-corrected chi connectivity index (χ3v) is 3.12. The Morgan fingerprint density at radius 2 is 1.08 bits per heavy atom. The van der Waals surface area contributed by atoms with Gasteiger partial charge in [0.05, 0.1) is 7.11 Å². The molecule has 11 heteroatoms. The summed E-state index contributed by atoms with van der Waals surface area (Å²) in [4.78, 5) is 57.7. The molecule has 0 amide bonds.